The van der Waals surface area contributed by atoms with E-state index in [1.54, 1.807) is 18.2 Å². The van der Waals surface area contributed by atoms with Crippen molar-refractivity contribution in [2.24, 2.45) is 0 Å². The highest BCUT2D eigenvalue weighted by molar-refractivity contribution is 5.79. The molecule has 0 aliphatic carbocycles. The van der Waals surface area contributed by atoms with Crippen molar-refractivity contribution >= 4 is 16.9 Å². The molecular formula is C12H10O4. The van der Waals surface area contributed by atoms with E-state index in [4.69, 9.17) is 9.15 Å². The average Bonchev–Trinajstić information content (AvgIpc) is 2.27. The van der Waals surface area contributed by atoms with E-state index in [0.717, 1.165) is 0 Å². The van der Waals surface area contributed by atoms with E-state index in [9.17, 15) is 9.59 Å². The Kier molecular flexibility index (Phi) is 2.72. The van der Waals surface area contributed by atoms with Crippen LogP contribution in [0.2, 0.25) is 0 Å². The van der Waals surface area contributed by atoms with Crippen LogP contribution in [0.5, 0.6) is 0 Å². The van der Waals surface area contributed by atoms with Crippen molar-refractivity contribution in [1.82, 2.24) is 0 Å². The van der Waals surface area contributed by atoms with Crippen LogP contribution in [-0.2, 0) is 16.1 Å². The minimum Gasteiger partial charge on any atom is -0.464 e. The van der Waals surface area contributed by atoms with Gasteiger partial charge in [-0.1, -0.05) is 12.1 Å². The average molecular weight is 218 g/mol. The summed E-state index contributed by atoms with van der Waals surface area (Å²) in [6.45, 7) is 1.45. The third-order valence-electron chi connectivity index (χ3n) is 2.20. The van der Waals surface area contributed by atoms with Crippen LogP contribution in [0.25, 0.3) is 11.0 Å². The predicted molar refractivity (Wildman–Crippen MR) is 58.0 cm³/mol. The van der Waals surface area contributed by atoms with Crippen LogP contribution in [-0.4, -0.2) is 5.97 Å². The molecule has 1 aromatic carbocycles. The number of benzene rings is 1. The molecular weight excluding hydrogens is 208 g/mol. The highest BCUT2D eigenvalue weighted by atomic mass is 16.5. The van der Waals surface area contributed by atoms with Gasteiger partial charge in [-0.05, 0) is 6.07 Å². The summed E-state index contributed by atoms with van der Waals surface area (Å²) in [5.41, 5.74) is 1.05. The van der Waals surface area contributed by atoms with Crippen LogP contribution in [0, 0.1) is 0 Å². The third kappa shape index (κ3) is 1.95. The second-order valence-electron chi connectivity index (χ2n) is 3.36. The molecule has 1 heterocycles. The van der Waals surface area contributed by atoms with Gasteiger partial charge in [0.05, 0.1) is 11.6 Å². The predicted octanol–water partition coefficient (Wildman–Crippen LogP) is 1.86. The molecule has 1 aromatic heterocycles. The lowest BCUT2D eigenvalue weighted by Gasteiger charge is -2.04. The largest absolute Gasteiger partial charge is 0.464 e. The highest BCUT2D eigenvalue weighted by Crippen LogP contribution is 2.16. The zero-order valence-electron chi connectivity index (χ0n) is 8.73. The summed E-state index contributed by atoms with van der Waals surface area (Å²) in [5.74, 6) is -0.365. The number of carbonyl (C=O) groups is 1. The number of fused-ring (bicyclic) bond motifs is 1. The molecule has 0 atom stereocenters. The molecule has 0 N–H and O–H groups in total. The molecule has 0 aliphatic rings. The maximum atomic E-state index is 11.5. The number of carbonyl (C=O) groups excluding carboxylic acids is 1. The Morgan fingerprint density at radius 3 is 2.94 bits per heavy atom. The Hall–Kier alpha value is -2.10. The van der Waals surface area contributed by atoms with Crippen LogP contribution < -0.4 is 5.43 Å². The first-order chi connectivity index (χ1) is 7.68. The van der Waals surface area contributed by atoms with Gasteiger partial charge in [-0.15, -0.1) is 0 Å². The number of rotatable bonds is 2. The van der Waals surface area contributed by atoms with Crippen molar-refractivity contribution in [3.63, 3.8) is 0 Å². The van der Waals surface area contributed by atoms with Gasteiger partial charge in [0.15, 0.2) is 5.43 Å². The maximum Gasteiger partial charge on any atom is 0.302 e. The fraction of sp³-hybridized carbons (Fsp3) is 0.167. The Morgan fingerprint density at radius 2 is 2.19 bits per heavy atom. The number of esters is 1. The SMILES string of the molecule is CC(=O)OCc1cccc2c(=O)ccoc12. The molecule has 82 valence electrons. The first-order valence-corrected chi connectivity index (χ1v) is 4.81. The normalized spacial score (nSPS) is 10.3. The van der Waals surface area contributed by atoms with Gasteiger partial charge in [0.25, 0.3) is 0 Å². The third-order valence-corrected chi connectivity index (χ3v) is 2.20. The van der Waals surface area contributed by atoms with Gasteiger partial charge in [0.1, 0.15) is 12.2 Å². The second-order valence-corrected chi connectivity index (χ2v) is 3.36. The Morgan fingerprint density at radius 1 is 1.38 bits per heavy atom. The summed E-state index contributed by atoms with van der Waals surface area (Å²) < 4.78 is 10.1. The highest BCUT2D eigenvalue weighted by Gasteiger charge is 2.06. The van der Waals surface area contributed by atoms with Crippen molar-refractivity contribution in [1.29, 1.82) is 0 Å². The van der Waals surface area contributed by atoms with Gasteiger partial charge in [0.2, 0.25) is 0 Å². The molecule has 0 amide bonds. The van der Waals surface area contributed by atoms with E-state index in [1.807, 2.05) is 0 Å². The van der Waals surface area contributed by atoms with Gasteiger partial charge in [-0.25, -0.2) is 0 Å². The van der Waals surface area contributed by atoms with Crippen molar-refractivity contribution in [3.05, 3.63) is 46.3 Å². The lowest BCUT2D eigenvalue weighted by Crippen LogP contribution is -2.02. The van der Waals surface area contributed by atoms with Crippen LogP contribution in [0.15, 0.2) is 39.7 Å². The summed E-state index contributed by atoms with van der Waals surface area (Å²) in [7, 11) is 0. The Labute approximate surface area is 91.4 Å². The van der Waals surface area contributed by atoms with Gasteiger partial charge in [-0.3, -0.25) is 9.59 Å². The first-order valence-electron chi connectivity index (χ1n) is 4.81. The monoisotopic (exact) mass is 218 g/mol. The molecule has 16 heavy (non-hydrogen) atoms. The fourth-order valence-corrected chi connectivity index (χ4v) is 1.46. The first kappa shape index (κ1) is 10.4. The number of hydrogen-bond acceptors (Lipinski definition) is 4. The molecule has 2 aromatic rings. The van der Waals surface area contributed by atoms with E-state index in [1.165, 1.54) is 19.3 Å². The number of hydrogen-bond donors (Lipinski definition) is 0. The molecule has 0 aliphatic heterocycles. The Balaban J connectivity index is 2.50. The van der Waals surface area contributed by atoms with Crippen LogP contribution in [0.1, 0.15) is 12.5 Å². The zero-order valence-corrected chi connectivity index (χ0v) is 8.73. The van der Waals surface area contributed by atoms with Gasteiger partial charge >= 0.3 is 5.97 Å². The summed E-state index contributed by atoms with van der Waals surface area (Å²) in [6, 6.07) is 6.53. The van der Waals surface area contributed by atoms with Crippen molar-refractivity contribution < 1.29 is 13.9 Å². The molecule has 0 unspecified atom stereocenters. The van der Waals surface area contributed by atoms with Gasteiger partial charge in [0, 0.05) is 18.6 Å². The number of ether oxygens (including phenoxy) is 1. The molecule has 2 rings (SSSR count). The molecule has 0 bridgehead atoms. The van der Waals surface area contributed by atoms with Crippen LogP contribution in [0.4, 0.5) is 0 Å². The minimum absolute atomic E-state index is 0.106. The van der Waals surface area contributed by atoms with E-state index in [0.29, 0.717) is 16.5 Å². The molecule has 4 nitrogen and oxygen atoms in total. The number of para-hydroxylation sites is 1. The van der Waals surface area contributed by atoms with E-state index < -0.39 is 0 Å². The van der Waals surface area contributed by atoms with E-state index >= 15 is 0 Å². The summed E-state index contributed by atoms with van der Waals surface area (Å²) >= 11 is 0. The minimum atomic E-state index is -0.365. The van der Waals surface area contributed by atoms with Gasteiger partial charge in [-0.2, -0.15) is 0 Å². The maximum absolute atomic E-state index is 11.5. The smallest absolute Gasteiger partial charge is 0.302 e. The van der Waals surface area contributed by atoms with Crippen molar-refractivity contribution in [2.45, 2.75) is 13.5 Å². The molecule has 0 saturated carbocycles. The summed E-state index contributed by atoms with van der Waals surface area (Å²) in [4.78, 5) is 22.2. The Bertz CT molecular complexity index is 583. The van der Waals surface area contributed by atoms with Crippen molar-refractivity contribution in [3.8, 4) is 0 Å². The molecule has 4 heteroatoms. The molecule has 0 saturated heterocycles. The van der Waals surface area contributed by atoms with Gasteiger partial charge < -0.3 is 9.15 Å². The topological polar surface area (TPSA) is 56.5 Å². The summed E-state index contributed by atoms with van der Waals surface area (Å²) in [6.07, 6.45) is 1.34. The lowest BCUT2D eigenvalue weighted by atomic mass is 10.1. The molecule has 0 fully saturated rings. The second kappa shape index (κ2) is 4.18. The van der Waals surface area contributed by atoms with E-state index in [2.05, 4.69) is 0 Å². The quantitative estimate of drug-likeness (QED) is 0.722. The fourth-order valence-electron chi connectivity index (χ4n) is 1.46. The molecule has 0 radical (unpaired) electrons. The van der Waals surface area contributed by atoms with E-state index in [-0.39, 0.29) is 18.0 Å². The standard InChI is InChI=1S/C12H10O4/c1-8(13)16-7-9-3-2-4-10-11(14)5-6-15-12(9)10/h2-6H,7H2,1H3. The van der Waals surface area contributed by atoms with Crippen LogP contribution in [0.3, 0.4) is 0 Å². The van der Waals surface area contributed by atoms with Crippen LogP contribution >= 0.6 is 0 Å². The summed E-state index contributed by atoms with van der Waals surface area (Å²) in [5, 5.41) is 0.493. The zero-order chi connectivity index (χ0) is 11.5. The van der Waals surface area contributed by atoms with Crippen molar-refractivity contribution in [2.75, 3.05) is 0 Å². The lowest BCUT2D eigenvalue weighted by molar-refractivity contribution is -0.142. The molecule has 0 spiro atoms.